The molecule has 0 spiro atoms. The van der Waals surface area contributed by atoms with E-state index >= 15 is 0 Å². The Labute approximate surface area is 155 Å². The summed E-state index contributed by atoms with van der Waals surface area (Å²) in [6.45, 7) is 3.98. The van der Waals surface area contributed by atoms with Gasteiger partial charge >= 0.3 is 0 Å². The first-order valence-electron chi connectivity index (χ1n) is 9.07. The molecule has 2 aromatic heterocycles. The minimum atomic E-state index is -0.0509. The molecule has 1 aliphatic heterocycles. The fourth-order valence-electron chi connectivity index (χ4n) is 3.76. The summed E-state index contributed by atoms with van der Waals surface area (Å²) in [5, 5.41) is 1.34. The number of nitrogens with one attached hydrogen (secondary N) is 1. The second-order valence-corrected chi connectivity index (χ2v) is 9.18. The van der Waals surface area contributed by atoms with Crippen LogP contribution in [-0.2, 0) is 17.6 Å². The van der Waals surface area contributed by atoms with Crippen molar-refractivity contribution in [1.82, 2.24) is 14.9 Å². The summed E-state index contributed by atoms with van der Waals surface area (Å²) >= 11 is 3.00. The van der Waals surface area contributed by atoms with E-state index < -0.39 is 0 Å². The van der Waals surface area contributed by atoms with Gasteiger partial charge in [0.1, 0.15) is 4.83 Å². The minimum Gasteiger partial charge on any atom is -0.342 e. The Kier molecular flexibility index (Phi) is 4.86. The van der Waals surface area contributed by atoms with Gasteiger partial charge in [-0.3, -0.25) is 9.59 Å². The molecule has 1 amide bonds. The van der Waals surface area contributed by atoms with Crippen LogP contribution in [0.4, 0.5) is 0 Å². The van der Waals surface area contributed by atoms with E-state index in [1.54, 1.807) is 11.3 Å². The van der Waals surface area contributed by atoms with Crippen LogP contribution >= 0.6 is 23.1 Å². The highest BCUT2D eigenvalue weighted by Crippen LogP contribution is 2.36. The molecule has 1 aliphatic carbocycles. The van der Waals surface area contributed by atoms with Crippen LogP contribution in [0.15, 0.2) is 9.95 Å². The molecule has 2 aromatic rings. The van der Waals surface area contributed by atoms with Crippen molar-refractivity contribution >= 4 is 39.2 Å². The van der Waals surface area contributed by atoms with Gasteiger partial charge in [0.05, 0.1) is 11.1 Å². The number of thioether (sulfide) groups is 1. The SMILES string of the molecule is C[C@H]1CCc2c(sc3nc(SCC(=O)N4CCCCC4)[nH]c(=O)c23)C1. The van der Waals surface area contributed by atoms with Crippen LogP contribution in [0.3, 0.4) is 0 Å². The Morgan fingerprint density at radius 2 is 2.16 bits per heavy atom. The fourth-order valence-corrected chi connectivity index (χ4v) is 5.97. The summed E-state index contributed by atoms with van der Waals surface area (Å²) in [6.07, 6.45) is 6.56. The van der Waals surface area contributed by atoms with E-state index in [1.807, 2.05) is 4.90 Å². The van der Waals surface area contributed by atoms with Crippen molar-refractivity contribution in [2.75, 3.05) is 18.8 Å². The van der Waals surface area contributed by atoms with Gasteiger partial charge < -0.3 is 9.88 Å². The lowest BCUT2D eigenvalue weighted by Gasteiger charge is -2.26. The average Bonchev–Trinajstić information content (AvgIpc) is 2.98. The summed E-state index contributed by atoms with van der Waals surface area (Å²) in [5.41, 5.74) is 1.15. The maximum atomic E-state index is 12.6. The number of amides is 1. The quantitative estimate of drug-likeness (QED) is 0.659. The van der Waals surface area contributed by atoms with Crippen molar-refractivity contribution in [3.63, 3.8) is 0 Å². The average molecular weight is 378 g/mol. The van der Waals surface area contributed by atoms with Crippen LogP contribution in [-0.4, -0.2) is 39.6 Å². The predicted octanol–water partition coefficient (Wildman–Crippen LogP) is 3.21. The molecule has 0 aromatic carbocycles. The number of likely N-dealkylation sites (tertiary alicyclic amines) is 1. The van der Waals surface area contributed by atoms with Gasteiger partial charge in [-0.2, -0.15) is 0 Å². The highest BCUT2D eigenvalue weighted by Gasteiger charge is 2.23. The first-order valence-corrected chi connectivity index (χ1v) is 10.9. The first-order chi connectivity index (χ1) is 12.1. The molecular formula is C18H23N3O2S2. The molecule has 1 saturated heterocycles. The second kappa shape index (κ2) is 7.11. The number of hydrogen-bond donors (Lipinski definition) is 1. The summed E-state index contributed by atoms with van der Waals surface area (Å²) in [7, 11) is 0. The zero-order chi connectivity index (χ0) is 17.4. The van der Waals surface area contributed by atoms with E-state index in [0.29, 0.717) is 16.8 Å². The third-order valence-corrected chi connectivity index (χ3v) is 7.19. The van der Waals surface area contributed by atoms with E-state index in [-0.39, 0.29) is 11.5 Å². The summed E-state index contributed by atoms with van der Waals surface area (Å²) in [4.78, 5) is 36.5. The maximum Gasteiger partial charge on any atom is 0.260 e. The van der Waals surface area contributed by atoms with Gasteiger partial charge in [-0.05, 0) is 50.0 Å². The molecule has 0 radical (unpaired) electrons. The normalized spacial score (nSPS) is 20.7. The number of carbonyl (C=O) groups excluding carboxylic acids is 1. The van der Waals surface area contributed by atoms with Crippen molar-refractivity contribution in [1.29, 1.82) is 0 Å². The smallest absolute Gasteiger partial charge is 0.260 e. The highest BCUT2D eigenvalue weighted by molar-refractivity contribution is 7.99. The molecule has 4 rings (SSSR count). The first kappa shape index (κ1) is 17.1. The molecule has 1 atom stereocenters. The number of H-pyrrole nitrogens is 1. The van der Waals surface area contributed by atoms with Crippen LogP contribution < -0.4 is 5.56 Å². The summed E-state index contributed by atoms with van der Waals surface area (Å²) in [6, 6.07) is 0. The Morgan fingerprint density at radius 3 is 2.96 bits per heavy atom. The van der Waals surface area contributed by atoms with Crippen LogP contribution in [0, 0.1) is 5.92 Å². The number of carbonyl (C=O) groups is 1. The van der Waals surface area contributed by atoms with Gasteiger partial charge in [-0.25, -0.2) is 4.98 Å². The summed E-state index contributed by atoms with van der Waals surface area (Å²) in [5.74, 6) is 1.17. The number of aryl methyl sites for hydroxylation is 1. The minimum absolute atomic E-state index is 0.0509. The molecule has 0 saturated carbocycles. The van der Waals surface area contributed by atoms with Gasteiger partial charge in [0.15, 0.2) is 5.16 Å². The fraction of sp³-hybridized carbons (Fsp3) is 0.611. The third kappa shape index (κ3) is 3.49. The van der Waals surface area contributed by atoms with Crippen molar-refractivity contribution < 1.29 is 4.79 Å². The van der Waals surface area contributed by atoms with Crippen LogP contribution in [0.25, 0.3) is 10.2 Å². The zero-order valence-electron chi connectivity index (χ0n) is 14.5. The van der Waals surface area contributed by atoms with Crippen molar-refractivity contribution in [3.05, 3.63) is 20.8 Å². The van der Waals surface area contributed by atoms with Crippen molar-refractivity contribution in [2.45, 2.75) is 50.6 Å². The van der Waals surface area contributed by atoms with Crippen molar-refractivity contribution in [3.8, 4) is 0 Å². The van der Waals surface area contributed by atoms with Crippen LogP contribution in [0.2, 0.25) is 0 Å². The summed E-state index contributed by atoms with van der Waals surface area (Å²) < 4.78 is 0. The Balaban J connectivity index is 1.53. The number of thiophene rings is 1. The van der Waals surface area contributed by atoms with E-state index in [2.05, 4.69) is 16.9 Å². The largest absolute Gasteiger partial charge is 0.342 e. The molecule has 2 aliphatic rings. The van der Waals surface area contributed by atoms with Crippen LogP contribution in [0.1, 0.15) is 43.0 Å². The molecule has 5 nitrogen and oxygen atoms in total. The topological polar surface area (TPSA) is 66.1 Å². The second-order valence-electron chi connectivity index (χ2n) is 7.13. The standard InChI is InChI=1S/C18H23N3O2S2/c1-11-5-6-12-13(9-11)25-17-15(12)16(23)19-18(20-17)24-10-14(22)21-7-3-2-4-8-21/h11H,2-10H2,1H3,(H,19,20,23)/t11-/m0/s1. The lowest BCUT2D eigenvalue weighted by Crippen LogP contribution is -2.36. The molecular weight excluding hydrogens is 354 g/mol. The molecule has 0 bridgehead atoms. The number of piperidine rings is 1. The number of aromatic nitrogens is 2. The maximum absolute atomic E-state index is 12.6. The van der Waals surface area contributed by atoms with E-state index in [0.717, 1.165) is 55.4 Å². The number of fused-ring (bicyclic) bond motifs is 3. The lowest BCUT2D eigenvalue weighted by atomic mass is 9.89. The molecule has 1 N–H and O–H groups in total. The van der Waals surface area contributed by atoms with Gasteiger partial charge in [0, 0.05) is 18.0 Å². The molecule has 0 unspecified atom stereocenters. The van der Waals surface area contributed by atoms with Gasteiger partial charge in [0.2, 0.25) is 5.91 Å². The monoisotopic (exact) mass is 377 g/mol. The van der Waals surface area contributed by atoms with Gasteiger partial charge in [-0.15, -0.1) is 11.3 Å². The molecule has 1 fully saturated rings. The third-order valence-electron chi connectivity index (χ3n) is 5.18. The van der Waals surface area contributed by atoms with Gasteiger partial charge in [0.25, 0.3) is 5.56 Å². The van der Waals surface area contributed by atoms with Crippen molar-refractivity contribution in [2.24, 2.45) is 5.92 Å². The van der Waals surface area contributed by atoms with Crippen LogP contribution in [0.5, 0.6) is 0 Å². The molecule has 25 heavy (non-hydrogen) atoms. The van der Waals surface area contributed by atoms with E-state index in [9.17, 15) is 9.59 Å². The molecule has 7 heteroatoms. The number of rotatable bonds is 3. The Morgan fingerprint density at radius 1 is 1.36 bits per heavy atom. The highest BCUT2D eigenvalue weighted by atomic mass is 32.2. The Bertz CT molecular complexity index is 852. The van der Waals surface area contributed by atoms with Gasteiger partial charge in [-0.1, -0.05) is 18.7 Å². The zero-order valence-corrected chi connectivity index (χ0v) is 16.1. The van der Waals surface area contributed by atoms with E-state index in [4.69, 9.17) is 0 Å². The molecule has 3 heterocycles. The Hall–Kier alpha value is -1.34. The number of hydrogen-bond acceptors (Lipinski definition) is 5. The number of aromatic amines is 1. The predicted molar refractivity (Wildman–Crippen MR) is 103 cm³/mol. The van der Waals surface area contributed by atoms with E-state index in [1.165, 1.54) is 28.6 Å². The number of nitrogens with zero attached hydrogens (tertiary/aromatic N) is 2. The lowest BCUT2D eigenvalue weighted by molar-refractivity contribution is -0.129. The molecule has 134 valence electrons.